The molecule has 0 saturated heterocycles. The molecule has 5 atom stereocenters. The number of thiol groups is 1. The number of aliphatic hydroxyl groups is 1. The summed E-state index contributed by atoms with van der Waals surface area (Å²) >= 11 is 3.85. The largest absolute Gasteiger partial charge is 0.480 e. The summed E-state index contributed by atoms with van der Waals surface area (Å²) < 4.78 is 0. The average Bonchev–Trinajstić information content (AvgIpc) is 2.74. The maximum absolute atomic E-state index is 13.0. The van der Waals surface area contributed by atoms with Crippen molar-refractivity contribution in [1.29, 1.82) is 0 Å². The smallest absolute Gasteiger partial charge is 0.327 e. The van der Waals surface area contributed by atoms with Gasteiger partial charge in [-0.15, -0.1) is 0 Å². The van der Waals surface area contributed by atoms with Gasteiger partial charge in [-0.25, -0.2) is 4.79 Å². The number of nitrogens with one attached hydrogen (secondary N) is 3. The second-order valence-electron chi connectivity index (χ2n) is 7.34. The standard InChI is InChI=1S/C20H29N5O7S/c1-10(26)16(19(30)24-14(9-33)20(31)32)25-18(29)13(7-11-5-3-2-4-6-11)23-17(28)12(21)8-15(22)27/h2-6,10,12-14,16,26,33H,7-9,21H2,1H3,(H2,22,27)(H,23,28)(H,24,30)(H,25,29)(H,31,32). The molecule has 0 saturated carbocycles. The molecule has 0 fully saturated rings. The van der Waals surface area contributed by atoms with E-state index in [-0.39, 0.29) is 12.2 Å². The Morgan fingerprint density at radius 2 is 1.55 bits per heavy atom. The normalized spacial score (nSPS) is 15.3. The fourth-order valence-corrected chi connectivity index (χ4v) is 3.00. The molecular formula is C20H29N5O7S. The van der Waals surface area contributed by atoms with E-state index in [1.165, 1.54) is 6.92 Å². The predicted octanol–water partition coefficient (Wildman–Crippen LogP) is -2.72. The van der Waals surface area contributed by atoms with Gasteiger partial charge in [0, 0.05) is 12.2 Å². The lowest BCUT2D eigenvalue weighted by Crippen LogP contribution is -2.60. The summed E-state index contributed by atoms with van der Waals surface area (Å²) in [5, 5.41) is 26.0. The molecule has 0 aliphatic rings. The van der Waals surface area contributed by atoms with E-state index in [1.807, 2.05) is 0 Å². The Bertz CT molecular complexity index is 852. The molecule has 0 aromatic heterocycles. The van der Waals surface area contributed by atoms with Gasteiger partial charge >= 0.3 is 5.97 Å². The summed E-state index contributed by atoms with van der Waals surface area (Å²) in [7, 11) is 0. The van der Waals surface area contributed by atoms with Gasteiger partial charge in [-0.2, -0.15) is 12.6 Å². The van der Waals surface area contributed by atoms with Gasteiger partial charge in [0.05, 0.1) is 18.6 Å². The molecule has 1 aromatic carbocycles. The van der Waals surface area contributed by atoms with Crippen LogP contribution in [0.1, 0.15) is 18.9 Å². The van der Waals surface area contributed by atoms with Crippen molar-refractivity contribution < 1.29 is 34.2 Å². The molecule has 0 aliphatic heterocycles. The third-order valence-electron chi connectivity index (χ3n) is 4.53. The SMILES string of the molecule is CC(O)C(NC(=O)C(Cc1ccccc1)NC(=O)C(N)CC(N)=O)C(=O)NC(CS)C(=O)O. The molecule has 9 N–H and O–H groups in total. The van der Waals surface area contributed by atoms with Crippen LogP contribution in [0.25, 0.3) is 0 Å². The fraction of sp³-hybridized carbons (Fsp3) is 0.450. The fourth-order valence-electron chi connectivity index (χ4n) is 2.75. The molecule has 0 heterocycles. The Hall–Kier alpha value is -3.16. The van der Waals surface area contributed by atoms with Gasteiger partial charge in [-0.1, -0.05) is 30.3 Å². The quantitative estimate of drug-likeness (QED) is 0.138. The minimum atomic E-state index is -1.52. The first-order valence-electron chi connectivity index (χ1n) is 9.96. The van der Waals surface area contributed by atoms with Crippen LogP contribution < -0.4 is 27.4 Å². The Morgan fingerprint density at radius 1 is 0.970 bits per heavy atom. The molecule has 0 radical (unpaired) electrons. The first-order chi connectivity index (χ1) is 15.5. The number of carbonyl (C=O) groups excluding carboxylic acids is 4. The van der Waals surface area contributed by atoms with Gasteiger partial charge < -0.3 is 37.6 Å². The topological polar surface area (TPSA) is 214 Å². The molecule has 0 spiro atoms. The van der Waals surface area contributed by atoms with E-state index in [9.17, 15) is 29.1 Å². The highest BCUT2D eigenvalue weighted by atomic mass is 32.1. The summed E-state index contributed by atoms with van der Waals surface area (Å²) in [4.78, 5) is 60.0. The number of benzene rings is 1. The van der Waals surface area contributed by atoms with Crippen molar-refractivity contribution in [2.24, 2.45) is 11.5 Å². The van der Waals surface area contributed by atoms with Crippen LogP contribution in [0.4, 0.5) is 0 Å². The zero-order valence-corrected chi connectivity index (χ0v) is 18.8. The second-order valence-corrected chi connectivity index (χ2v) is 7.70. The van der Waals surface area contributed by atoms with Crippen molar-refractivity contribution in [2.45, 2.75) is 50.0 Å². The molecule has 12 nitrogen and oxygen atoms in total. The van der Waals surface area contributed by atoms with Gasteiger partial charge in [-0.05, 0) is 12.5 Å². The van der Waals surface area contributed by atoms with Gasteiger partial charge in [0.1, 0.15) is 18.1 Å². The lowest BCUT2D eigenvalue weighted by atomic mass is 10.0. The highest BCUT2D eigenvalue weighted by Gasteiger charge is 2.32. The number of hydrogen-bond acceptors (Lipinski definition) is 8. The number of rotatable bonds is 13. The summed E-state index contributed by atoms with van der Waals surface area (Å²) in [6.07, 6.45) is -1.83. The molecule has 1 rings (SSSR count). The van der Waals surface area contributed by atoms with Gasteiger partial charge in [0.15, 0.2) is 0 Å². The van der Waals surface area contributed by atoms with Crippen LogP contribution in [0, 0.1) is 0 Å². The summed E-state index contributed by atoms with van der Waals surface area (Å²) in [6, 6.07) is 3.23. The molecule has 33 heavy (non-hydrogen) atoms. The number of carbonyl (C=O) groups is 5. The number of primary amides is 1. The highest BCUT2D eigenvalue weighted by Crippen LogP contribution is 2.06. The van der Waals surface area contributed by atoms with E-state index >= 15 is 0 Å². The molecule has 0 aliphatic carbocycles. The summed E-state index contributed by atoms with van der Waals surface area (Å²) in [6.45, 7) is 1.23. The molecular weight excluding hydrogens is 454 g/mol. The van der Waals surface area contributed by atoms with Crippen molar-refractivity contribution in [1.82, 2.24) is 16.0 Å². The van der Waals surface area contributed by atoms with E-state index in [0.29, 0.717) is 5.56 Å². The minimum Gasteiger partial charge on any atom is -0.480 e. The molecule has 13 heteroatoms. The molecule has 4 amide bonds. The van der Waals surface area contributed by atoms with Crippen LogP contribution >= 0.6 is 12.6 Å². The number of amides is 4. The van der Waals surface area contributed by atoms with Crippen LogP contribution in [0.3, 0.4) is 0 Å². The van der Waals surface area contributed by atoms with E-state index in [2.05, 4.69) is 28.6 Å². The first kappa shape index (κ1) is 27.9. The van der Waals surface area contributed by atoms with Crippen LogP contribution in [0.5, 0.6) is 0 Å². The molecule has 0 bridgehead atoms. The predicted molar refractivity (Wildman–Crippen MR) is 121 cm³/mol. The van der Waals surface area contributed by atoms with Gasteiger partial charge in [0.2, 0.25) is 23.6 Å². The first-order valence-corrected chi connectivity index (χ1v) is 10.6. The Kier molecular flexibility index (Phi) is 11.3. The summed E-state index contributed by atoms with van der Waals surface area (Å²) in [5.41, 5.74) is 11.4. The van der Waals surface area contributed by atoms with Gasteiger partial charge in [0.25, 0.3) is 0 Å². The Labute approximate surface area is 195 Å². The highest BCUT2D eigenvalue weighted by molar-refractivity contribution is 7.80. The van der Waals surface area contributed by atoms with Crippen molar-refractivity contribution in [3.8, 4) is 0 Å². The maximum Gasteiger partial charge on any atom is 0.327 e. The van der Waals surface area contributed by atoms with Crippen molar-refractivity contribution in [2.75, 3.05) is 5.75 Å². The number of aliphatic carboxylic acids is 1. The number of aliphatic hydroxyl groups excluding tert-OH is 1. The summed E-state index contributed by atoms with van der Waals surface area (Å²) in [5.74, 6) is -4.96. The lowest BCUT2D eigenvalue weighted by Gasteiger charge is -2.26. The van der Waals surface area contributed by atoms with Crippen LogP contribution in [0.2, 0.25) is 0 Å². The van der Waals surface area contributed by atoms with E-state index in [1.54, 1.807) is 30.3 Å². The van der Waals surface area contributed by atoms with Crippen LogP contribution in [0.15, 0.2) is 30.3 Å². The van der Waals surface area contributed by atoms with Crippen LogP contribution in [-0.2, 0) is 30.4 Å². The van der Waals surface area contributed by atoms with Crippen molar-refractivity contribution in [3.05, 3.63) is 35.9 Å². The number of hydrogen-bond donors (Lipinski definition) is 8. The second kappa shape index (κ2) is 13.4. The van der Waals surface area contributed by atoms with E-state index < -0.39 is 66.3 Å². The van der Waals surface area contributed by atoms with E-state index in [0.717, 1.165) is 0 Å². The van der Waals surface area contributed by atoms with Gasteiger partial charge in [-0.3, -0.25) is 19.2 Å². The monoisotopic (exact) mass is 483 g/mol. The molecule has 1 aromatic rings. The number of carboxylic acid groups (broad SMARTS) is 1. The third-order valence-corrected chi connectivity index (χ3v) is 4.90. The minimum absolute atomic E-state index is 0.00421. The maximum atomic E-state index is 13.0. The zero-order valence-electron chi connectivity index (χ0n) is 17.9. The number of carboxylic acids is 1. The van der Waals surface area contributed by atoms with E-state index in [4.69, 9.17) is 16.6 Å². The number of nitrogens with two attached hydrogens (primary N) is 2. The molecule has 5 unspecified atom stereocenters. The zero-order chi connectivity index (χ0) is 25.1. The Morgan fingerprint density at radius 3 is 2.03 bits per heavy atom. The Balaban J connectivity index is 3.05. The van der Waals surface area contributed by atoms with Crippen molar-refractivity contribution in [3.63, 3.8) is 0 Å². The average molecular weight is 484 g/mol. The molecule has 182 valence electrons. The third kappa shape index (κ3) is 9.47. The van der Waals surface area contributed by atoms with Crippen LogP contribution in [-0.4, -0.2) is 75.8 Å². The lowest BCUT2D eigenvalue weighted by molar-refractivity contribution is -0.142. The van der Waals surface area contributed by atoms with Crippen molar-refractivity contribution >= 4 is 42.2 Å².